The van der Waals surface area contributed by atoms with Crippen LogP contribution >= 0.6 is 0 Å². The second-order valence-electron chi connectivity index (χ2n) is 3.53. The first kappa shape index (κ1) is 9.33. The highest BCUT2D eigenvalue weighted by Gasteiger charge is 2.14. The van der Waals surface area contributed by atoms with Gasteiger partial charge in [-0.25, -0.2) is 0 Å². The van der Waals surface area contributed by atoms with E-state index in [0.717, 1.165) is 6.54 Å². The summed E-state index contributed by atoms with van der Waals surface area (Å²) in [7, 11) is 2.00. The second-order valence-corrected chi connectivity index (χ2v) is 3.53. The van der Waals surface area contributed by atoms with Crippen LogP contribution in [0.15, 0.2) is 18.3 Å². The average Bonchev–Trinajstić information content (AvgIpc) is 2.51. The summed E-state index contributed by atoms with van der Waals surface area (Å²) >= 11 is 0. The van der Waals surface area contributed by atoms with Gasteiger partial charge in [0, 0.05) is 24.4 Å². The van der Waals surface area contributed by atoms with E-state index in [4.69, 9.17) is 0 Å². The van der Waals surface area contributed by atoms with Gasteiger partial charge in [-0.3, -0.25) is 0 Å². The quantitative estimate of drug-likeness (QED) is 0.703. The van der Waals surface area contributed by atoms with E-state index in [0.29, 0.717) is 11.8 Å². The van der Waals surface area contributed by atoms with Crippen LogP contribution in [0.5, 0.6) is 0 Å². The number of aromatic nitrogens is 1. The Morgan fingerprint density at radius 3 is 2.67 bits per heavy atom. The Bertz CT molecular complexity index is 202. The Balaban J connectivity index is 2.66. The number of H-pyrrole nitrogens is 1. The maximum absolute atomic E-state index is 3.26. The average molecular weight is 166 g/mol. The molecule has 68 valence electrons. The fourth-order valence-electron chi connectivity index (χ4n) is 1.50. The molecule has 2 N–H and O–H groups in total. The van der Waals surface area contributed by atoms with Crippen molar-refractivity contribution in [2.24, 2.45) is 5.92 Å². The van der Waals surface area contributed by atoms with Crippen LogP contribution < -0.4 is 5.32 Å². The van der Waals surface area contributed by atoms with E-state index in [1.54, 1.807) is 0 Å². The van der Waals surface area contributed by atoms with Crippen molar-refractivity contribution < 1.29 is 0 Å². The van der Waals surface area contributed by atoms with E-state index in [1.165, 1.54) is 5.69 Å². The minimum absolute atomic E-state index is 0.602. The lowest BCUT2D eigenvalue weighted by Crippen LogP contribution is -2.21. The van der Waals surface area contributed by atoms with Crippen molar-refractivity contribution in [2.45, 2.75) is 19.8 Å². The predicted octanol–water partition coefficient (Wildman–Crippen LogP) is 1.97. The standard InChI is InChI=1S/C10H18N2/c1-8(2)9(7-11-3)10-5-4-6-12-10/h4-6,8-9,11-12H,7H2,1-3H3. The molecule has 0 radical (unpaired) electrons. The molecule has 1 atom stereocenters. The number of likely N-dealkylation sites (N-methyl/N-ethyl adjacent to an activating group) is 1. The normalized spacial score (nSPS) is 13.7. The van der Waals surface area contributed by atoms with Crippen LogP contribution in [0.25, 0.3) is 0 Å². The first-order valence-corrected chi connectivity index (χ1v) is 4.53. The van der Waals surface area contributed by atoms with Crippen LogP contribution in [0.2, 0.25) is 0 Å². The molecule has 0 amide bonds. The molecule has 0 saturated heterocycles. The Morgan fingerprint density at radius 2 is 2.25 bits per heavy atom. The van der Waals surface area contributed by atoms with Gasteiger partial charge in [0.25, 0.3) is 0 Å². The van der Waals surface area contributed by atoms with Gasteiger partial charge in [0.2, 0.25) is 0 Å². The summed E-state index contributed by atoms with van der Waals surface area (Å²) < 4.78 is 0. The molecule has 2 heteroatoms. The maximum Gasteiger partial charge on any atom is 0.0194 e. The fourth-order valence-corrected chi connectivity index (χ4v) is 1.50. The summed E-state index contributed by atoms with van der Waals surface area (Å²) in [6, 6.07) is 4.21. The lowest BCUT2D eigenvalue weighted by atomic mass is 9.93. The molecule has 1 unspecified atom stereocenters. The van der Waals surface area contributed by atoms with E-state index < -0.39 is 0 Å². The Kier molecular flexibility index (Phi) is 3.35. The number of aromatic amines is 1. The van der Waals surface area contributed by atoms with Gasteiger partial charge >= 0.3 is 0 Å². The van der Waals surface area contributed by atoms with Crippen LogP contribution in [0, 0.1) is 5.92 Å². The summed E-state index contributed by atoms with van der Waals surface area (Å²) in [6.07, 6.45) is 1.99. The van der Waals surface area contributed by atoms with E-state index in [2.05, 4.69) is 36.3 Å². The molecule has 0 fully saturated rings. The number of hydrogen-bond acceptors (Lipinski definition) is 1. The summed E-state index contributed by atoms with van der Waals surface area (Å²) in [4.78, 5) is 3.26. The third-order valence-electron chi connectivity index (χ3n) is 2.25. The smallest absolute Gasteiger partial charge is 0.0194 e. The molecular formula is C10H18N2. The van der Waals surface area contributed by atoms with Crippen LogP contribution in [0.1, 0.15) is 25.5 Å². The molecule has 0 spiro atoms. The van der Waals surface area contributed by atoms with Crippen LogP contribution in [0.3, 0.4) is 0 Å². The van der Waals surface area contributed by atoms with Gasteiger partial charge in [0.1, 0.15) is 0 Å². The number of hydrogen-bond donors (Lipinski definition) is 2. The highest BCUT2D eigenvalue weighted by Crippen LogP contribution is 2.21. The Labute approximate surface area is 74.4 Å². The van der Waals surface area contributed by atoms with Crippen molar-refractivity contribution in [1.82, 2.24) is 10.3 Å². The maximum atomic E-state index is 3.26. The zero-order valence-electron chi connectivity index (χ0n) is 8.09. The fraction of sp³-hybridized carbons (Fsp3) is 0.600. The van der Waals surface area contributed by atoms with Gasteiger partial charge in [-0.05, 0) is 25.1 Å². The van der Waals surface area contributed by atoms with Gasteiger partial charge in [-0.15, -0.1) is 0 Å². The molecule has 1 aromatic heterocycles. The number of rotatable bonds is 4. The molecular weight excluding hydrogens is 148 g/mol. The van der Waals surface area contributed by atoms with E-state index in [9.17, 15) is 0 Å². The first-order chi connectivity index (χ1) is 5.75. The summed E-state index contributed by atoms with van der Waals surface area (Å²) in [5.74, 6) is 1.28. The third kappa shape index (κ3) is 2.11. The van der Waals surface area contributed by atoms with E-state index >= 15 is 0 Å². The highest BCUT2D eigenvalue weighted by molar-refractivity contribution is 5.11. The Hall–Kier alpha value is -0.760. The summed E-state index contributed by atoms with van der Waals surface area (Å²) in [6.45, 7) is 5.55. The molecule has 0 saturated carbocycles. The van der Waals surface area contributed by atoms with Crippen molar-refractivity contribution in [3.05, 3.63) is 24.0 Å². The molecule has 0 aliphatic heterocycles. The molecule has 1 rings (SSSR count). The number of nitrogens with one attached hydrogen (secondary N) is 2. The molecule has 0 bridgehead atoms. The summed E-state index contributed by atoms with van der Waals surface area (Å²) in [5.41, 5.74) is 1.33. The molecule has 0 aliphatic rings. The molecule has 1 aromatic rings. The van der Waals surface area contributed by atoms with Crippen molar-refractivity contribution in [3.63, 3.8) is 0 Å². The van der Waals surface area contributed by atoms with Gasteiger partial charge < -0.3 is 10.3 Å². The zero-order chi connectivity index (χ0) is 8.97. The van der Waals surface area contributed by atoms with Crippen molar-refractivity contribution in [2.75, 3.05) is 13.6 Å². The topological polar surface area (TPSA) is 27.8 Å². The van der Waals surface area contributed by atoms with Crippen molar-refractivity contribution in [1.29, 1.82) is 0 Å². The molecule has 1 heterocycles. The van der Waals surface area contributed by atoms with Crippen LogP contribution in [-0.4, -0.2) is 18.6 Å². The monoisotopic (exact) mass is 166 g/mol. The SMILES string of the molecule is CNCC(c1ccc[nH]1)C(C)C. The van der Waals surface area contributed by atoms with Crippen LogP contribution in [-0.2, 0) is 0 Å². The first-order valence-electron chi connectivity index (χ1n) is 4.53. The largest absolute Gasteiger partial charge is 0.365 e. The molecule has 0 aromatic carbocycles. The van der Waals surface area contributed by atoms with E-state index in [-0.39, 0.29) is 0 Å². The Morgan fingerprint density at radius 1 is 1.50 bits per heavy atom. The van der Waals surface area contributed by atoms with Crippen LogP contribution in [0.4, 0.5) is 0 Å². The van der Waals surface area contributed by atoms with Gasteiger partial charge in [-0.1, -0.05) is 13.8 Å². The predicted molar refractivity (Wildman–Crippen MR) is 52.3 cm³/mol. The highest BCUT2D eigenvalue weighted by atomic mass is 14.8. The molecule has 2 nitrogen and oxygen atoms in total. The molecule has 12 heavy (non-hydrogen) atoms. The zero-order valence-corrected chi connectivity index (χ0v) is 8.09. The van der Waals surface area contributed by atoms with Gasteiger partial charge in [0.15, 0.2) is 0 Å². The minimum Gasteiger partial charge on any atom is -0.365 e. The van der Waals surface area contributed by atoms with E-state index in [1.807, 2.05) is 13.2 Å². The summed E-state index contributed by atoms with van der Waals surface area (Å²) in [5, 5.41) is 3.22. The second kappa shape index (κ2) is 4.31. The van der Waals surface area contributed by atoms with Crippen molar-refractivity contribution in [3.8, 4) is 0 Å². The third-order valence-corrected chi connectivity index (χ3v) is 2.25. The minimum atomic E-state index is 0.602. The van der Waals surface area contributed by atoms with Gasteiger partial charge in [0.05, 0.1) is 0 Å². The molecule has 0 aliphatic carbocycles. The van der Waals surface area contributed by atoms with Crippen molar-refractivity contribution >= 4 is 0 Å². The lowest BCUT2D eigenvalue weighted by Gasteiger charge is -2.18. The lowest BCUT2D eigenvalue weighted by molar-refractivity contribution is 0.470. The van der Waals surface area contributed by atoms with Gasteiger partial charge in [-0.2, -0.15) is 0 Å².